The van der Waals surface area contributed by atoms with Gasteiger partial charge in [0, 0.05) is 17.5 Å². The fraction of sp³-hybridized carbons (Fsp3) is 0.462. The van der Waals surface area contributed by atoms with E-state index >= 15 is 0 Å². The molecule has 3 N–H and O–H groups in total. The van der Waals surface area contributed by atoms with Crippen LogP contribution >= 0.6 is 0 Å². The third kappa shape index (κ3) is 3.70. The summed E-state index contributed by atoms with van der Waals surface area (Å²) in [7, 11) is 1.55. The van der Waals surface area contributed by atoms with E-state index in [0.29, 0.717) is 12.3 Å². The first-order chi connectivity index (χ1) is 8.36. The van der Waals surface area contributed by atoms with Crippen LogP contribution in [0.3, 0.4) is 0 Å². The zero-order chi connectivity index (χ0) is 13.8. The maximum Gasteiger partial charge on any atom is 0.231 e. The van der Waals surface area contributed by atoms with Gasteiger partial charge in [-0.3, -0.25) is 4.79 Å². The second kappa shape index (κ2) is 5.82. The molecule has 0 saturated heterocycles. The Hall–Kier alpha value is -1.62. The topological polar surface area (TPSA) is 64.3 Å². The number of rotatable bonds is 6. The van der Waals surface area contributed by atoms with Gasteiger partial charge in [0.15, 0.2) is 0 Å². The summed E-state index contributed by atoms with van der Waals surface area (Å²) in [5, 5.41) is 2.94. The lowest BCUT2D eigenvalue weighted by atomic mass is 9.84. The predicted octanol–water partition coefficient (Wildman–Crippen LogP) is 1.19. The molecular formula is C13H19FN2O2. The molecule has 0 unspecified atom stereocenters. The number of amides is 1. The summed E-state index contributed by atoms with van der Waals surface area (Å²) in [5.41, 5.74) is 5.43. The zero-order valence-electron chi connectivity index (χ0n) is 10.9. The normalized spacial score (nSPS) is 11.3. The second-order valence-corrected chi connectivity index (χ2v) is 4.80. The van der Waals surface area contributed by atoms with Crippen molar-refractivity contribution < 1.29 is 13.9 Å². The quantitative estimate of drug-likeness (QED) is 0.801. The van der Waals surface area contributed by atoms with Gasteiger partial charge in [-0.15, -0.1) is 0 Å². The molecule has 0 heterocycles. The average Bonchev–Trinajstić information content (AvgIpc) is 2.28. The summed E-state index contributed by atoms with van der Waals surface area (Å²) in [6.45, 7) is 4.48. The molecule has 18 heavy (non-hydrogen) atoms. The van der Waals surface area contributed by atoms with Gasteiger partial charge in [-0.1, -0.05) is 13.8 Å². The lowest BCUT2D eigenvalue weighted by Gasteiger charge is -2.27. The summed E-state index contributed by atoms with van der Waals surface area (Å²) in [6, 6.07) is 4.40. The van der Waals surface area contributed by atoms with Crippen LogP contribution in [0, 0.1) is 5.82 Å². The first kappa shape index (κ1) is 14.4. The SMILES string of the molecule is COc1ccc(F)cc1C(C)(C)CNCC(N)=O. The Morgan fingerprint density at radius 1 is 1.50 bits per heavy atom. The standard InChI is InChI=1S/C13H19FN2O2/c1-13(2,8-16-7-12(15)17)10-6-9(14)4-5-11(10)18-3/h4-6,16H,7-8H2,1-3H3,(H2,15,17). The zero-order valence-corrected chi connectivity index (χ0v) is 10.9. The van der Waals surface area contributed by atoms with Crippen LogP contribution in [0.2, 0.25) is 0 Å². The maximum atomic E-state index is 13.3. The van der Waals surface area contributed by atoms with Gasteiger partial charge in [-0.25, -0.2) is 4.39 Å². The molecule has 0 radical (unpaired) electrons. The minimum absolute atomic E-state index is 0.0983. The minimum atomic E-state index is -0.419. The molecule has 100 valence electrons. The fourth-order valence-electron chi connectivity index (χ4n) is 1.80. The largest absolute Gasteiger partial charge is 0.496 e. The summed E-state index contributed by atoms with van der Waals surface area (Å²) >= 11 is 0. The molecule has 0 aromatic heterocycles. The van der Waals surface area contributed by atoms with Gasteiger partial charge >= 0.3 is 0 Å². The lowest BCUT2D eigenvalue weighted by Crippen LogP contribution is -2.38. The molecule has 5 heteroatoms. The van der Waals surface area contributed by atoms with Crippen LogP contribution in [-0.2, 0) is 10.2 Å². The summed E-state index contributed by atoms with van der Waals surface area (Å²) in [4.78, 5) is 10.7. The third-order valence-electron chi connectivity index (χ3n) is 2.76. The van der Waals surface area contributed by atoms with E-state index in [1.54, 1.807) is 13.2 Å². The number of hydrogen-bond acceptors (Lipinski definition) is 3. The molecule has 1 aromatic rings. The van der Waals surface area contributed by atoms with Gasteiger partial charge in [0.05, 0.1) is 13.7 Å². The first-order valence-electron chi connectivity index (χ1n) is 5.70. The number of nitrogens with one attached hydrogen (secondary N) is 1. The van der Waals surface area contributed by atoms with Gasteiger partial charge < -0.3 is 15.8 Å². The van der Waals surface area contributed by atoms with Crippen LogP contribution in [0.4, 0.5) is 4.39 Å². The van der Waals surface area contributed by atoms with Crippen LogP contribution in [0.25, 0.3) is 0 Å². The highest BCUT2D eigenvalue weighted by Crippen LogP contribution is 2.31. The van der Waals surface area contributed by atoms with Crippen molar-refractivity contribution in [1.29, 1.82) is 0 Å². The van der Waals surface area contributed by atoms with Crippen molar-refractivity contribution in [2.75, 3.05) is 20.2 Å². The number of primary amides is 1. The minimum Gasteiger partial charge on any atom is -0.496 e. The number of benzene rings is 1. The van der Waals surface area contributed by atoms with Crippen molar-refractivity contribution in [3.8, 4) is 5.75 Å². The smallest absolute Gasteiger partial charge is 0.231 e. The number of carbonyl (C=O) groups is 1. The van der Waals surface area contributed by atoms with E-state index < -0.39 is 5.91 Å². The van der Waals surface area contributed by atoms with Gasteiger partial charge in [0.2, 0.25) is 5.91 Å². The molecule has 1 aromatic carbocycles. The van der Waals surface area contributed by atoms with E-state index in [2.05, 4.69) is 5.32 Å². The Morgan fingerprint density at radius 3 is 2.72 bits per heavy atom. The molecule has 0 fully saturated rings. The Morgan fingerprint density at radius 2 is 2.17 bits per heavy atom. The molecule has 0 saturated carbocycles. The lowest BCUT2D eigenvalue weighted by molar-refractivity contribution is -0.117. The fourth-order valence-corrected chi connectivity index (χ4v) is 1.80. The van der Waals surface area contributed by atoms with Gasteiger partial charge in [-0.2, -0.15) is 0 Å². The number of ether oxygens (including phenoxy) is 1. The van der Waals surface area contributed by atoms with E-state index in [-0.39, 0.29) is 17.8 Å². The van der Waals surface area contributed by atoms with Crippen LogP contribution in [0.5, 0.6) is 5.75 Å². The number of halogens is 1. The highest BCUT2D eigenvalue weighted by atomic mass is 19.1. The second-order valence-electron chi connectivity index (χ2n) is 4.80. The average molecular weight is 254 g/mol. The van der Waals surface area contributed by atoms with Gasteiger partial charge in [0.25, 0.3) is 0 Å². The van der Waals surface area contributed by atoms with Crippen molar-refractivity contribution in [2.24, 2.45) is 5.73 Å². The van der Waals surface area contributed by atoms with E-state index in [1.165, 1.54) is 12.1 Å². The maximum absolute atomic E-state index is 13.3. The number of nitrogens with two attached hydrogens (primary N) is 1. The highest BCUT2D eigenvalue weighted by molar-refractivity contribution is 5.75. The van der Waals surface area contributed by atoms with E-state index in [9.17, 15) is 9.18 Å². The predicted molar refractivity (Wildman–Crippen MR) is 68.0 cm³/mol. The molecule has 4 nitrogen and oxygen atoms in total. The number of hydrogen-bond donors (Lipinski definition) is 2. The summed E-state index contributed by atoms with van der Waals surface area (Å²) < 4.78 is 18.5. The van der Waals surface area contributed by atoms with Crippen LogP contribution in [0.1, 0.15) is 19.4 Å². The van der Waals surface area contributed by atoms with Crippen LogP contribution in [-0.4, -0.2) is 26.1 Å². The van der Waals surface area contributed by atoms with Gasteiger partial charge in [0.1, 0.15) is 11.6 Å². The van der Waals surface area contributed by atoms with E-state index in [4.69, 9.17) is 10.5 Å². The summed E-state index contributed by atoms with van der Waals surface area (Å²) in [6.07, 6.45) is 0. The highest BCUT2D eigenvalue weighted by Gasteiger charge is 2.24. The number of carbonyl (C=O) groups excluding carboxylic acids is 1. The molecular weight excluding hydrogens is 235 g/mol. The molecule has 0 spiro atoms. The summed E-state index contributed by atoms with van der Waals surface area (Å²) in [5.74, 6) is -0.104. The van der Waals surface area contributed by atoms with Crippen molar-refractivity contribution in [2.45, 2.75) is 19.3 Å². The third-order valence-corrected chi connectivity index (χ3v) is 2.76. The van der Waals surface area contributed by atoms with E-state index in [0.717, 1.165) is 5.56 Å². The molecule has 0 aliphatic heterocycles. The van der Waals surface area contributed by atoms with Crippen LogP contribution < -0.4 is 15.8 Å². The van der Waals surface area contributed by atoms with Crippen molar-refractivity contribution >= 4 is 5.91 Å². The molecule has 0 atom stereocenters. The Balaban J connectivity index is 2.88. The van der Waals surface area contributed by atoms with Crippen molar-refractivity contribution in [1.82, 2.24) is 5.32 Å². The molecule has 1 amide bonds. The Kier molecular flexibility index (Phi) is 4.67. The molecule has 0 aliphatic rings. The Labute approximate surface area is 106 Å². The van der Waals surface area contributed by atoms with Crippen molar-refractivity contribution in [3.63, 3.8) is 0 Å². The number of methoxy groups -OCH3 is 1. The molecule has 0 bridgehead atoms. The van der Waals surface area contributed by atoms with E-state index in [1.807, 2.05) is 13.8 Å². The van der Waals surface area contributed by atoms with Crippen LogP contribution in [0.15, 0.2) is 18.2 Å². The first-order valence-corrected chi connectivity index (χ1v) is 5.70. The monoisotopic (exact) mass is 254 g/mol. The Bertz CT molecular complexity index is 433. The molecule has 1 rings (SSSR count). The van der Waals surface area contributed by atoms with Crippen molar-refractivity contribution in [3.05, 3.63) is 29.6 Å². The molecule has 0 aliphatic carbocycles. The van der Waals surface area contributed by atoms with Gasteiger partial charge in [-0.05, 0) is 18.2 Å².